The predicted octanol–water partition coefficient (Wildman–Crippen LogP) is 4.52. The van der Waals surface area contributed by atoms with Gasteiger partial charge in [0.2, 0.25) is 0 Å². The van der Waals surface area contributed by atoms with Gasteiger partial charge in [0.15, 0.2) is 0 Å². The van der Waals surface area contributed by atoms with Crippen LogP contribution in [0.1, 0.15) is 17.1 Å². The van der Waals surface area contributed by atoms with Gasteiger partial charge in [0.05, 0.1) is 11.2 Å². The van der Waals surface area contributed by atoms with Gasteiger partial charge in [-0.3, -0.25) is 4.90 Å². The first kappa shape index (κ1) is 24.2. The molecule has 0 amide bonds. The Morgan fingerprint density at radius 1 is 1.03 bits per heavy atom. The molecule has 36 heavy (non-hydrogen) atoms. The van der Waals surface area contributed by atoms with E-state index >= 15 is 0 Å². The van der Waals surface area contributed by atoms with Crippen molar-refractivity contribution in [2.24, 2.45) is 0 Å². The third kappa shape index (κ3) is 5.34. The molecule has 1 aromatic carbocycles. The molecule has 1 aliphatic heterocycles. The molecule has 10 heteroatoms. The maximum absolute atomic E-state index is 13.5. The minimum Gasteiger partial charge on any atom is -0.361 e. The van der Waals surface area contributed by atoms with Crippen LogP contribution in [0.25, 0.3) is 22.0 Å². The fourth-order valence-electron chi connectivity index (χ4n) is 4.48. The molecule has 1 N–H and O–H groups in total. The van der Waals surface area contributed by atoms with Crippen LogP contribution in [0.3, 0.4) is 0 Å². The summed E-state index contributed by atoms with van der Waals surface area (Å²) in [4.78, 5) is 13.2. The van der Waals surface area contributed by atoms with Gasteiger partial charge in [0, 0.05) is 69.0 Å². The lowest BCUT2D eigenvalue weighted by Crippen LogP contribution is -2.48. The number of aromatic nitrogens is 3. The highest BCUT2D eigenvalue weighted by atomic mass is 19.4. The molecule has 5 rings (SSSR count). The van der Waals surface area contributed by atoms with Gasteiger partial charge in [-0.05, 0) is 24.6 Å². The Morgan fingerprint density at radius 2 is 1.81 bits per heavy atom. The first-order valence-corrected chi connectivity index (χ1v) is 11.9. The summed E-state index contributed by atoms with van der Waals surface area (Å²) in [7, 11) is 0. The van der Waals surface area contributed by atoms with E-state index in [1.165, 1.54) is 6.07 Å². The van der Waals surface area contributed by atoms with Gasteiger partial charge < -0.3 is 14.7 Å². The first-order chi connectivity index (χ1) is 17.4. The number of nitrogens with one attached hydrogen (secondary N) is 1. The number of rotatable bonds is 7. The Hall–Kier alpha value is -3.50. The van der Waals surface area contributed by atoms with Crippen molar-refractivity contribution in [3.8, 4) is 11.1 Å². The second-order valence-electron chi connectivity index (χ2n) is 8.89. The summed E-state index contributed by atoms with van der Waals surface area (Å²) in [6, 6.07) is 13.7. The van der Waals surface area contributed by atoms with E-state index < -0.39 is 11.9 Å². The summed E-state index contributed by atoms with van der Waals surface area (Å²) in [5.41, 5.74) is 1.67. The molecule has 0 spiro atoms. The van der Waals surface area contributed by atoms with Gasteiger partial charge >= 0.3 is 6.18 Å². The average Bonchev–Trinajstić information content (AvgIpc) is 3.31. The standard InChI is InChI=1S/C26H27F3N6O/c1-18-15-20(33-36-18)16-30-9-10-34-11-13-35(14-12-34)25-21-7-8-23(26(27,28)29)32-24(21)22(17-31-25)19-5-3-2-4-6-19/h2-8,15,17,30H,9-14,16H2,1H3. The number of hydrogen-bond acceptors (Lipinski definition) is 7. The fraction of sp³-hybridized carbons (Fsp3) is 0.346. The van der Waals surface area contributed by atoms with Crippen LogP contribution in [-0.2, 0) is 12.7 Å². The molecule has 0 unspecified atom stereocenters. The number of benzene rings is 1. The van der Waals surface area contributed by atoms with E-state index in [1.807, 2.05) is 43.3 Å². The molecule has 4 aromatic rings. The second kappa shape index (κ2) is 10.2. The highest BCUT2D eigenvalue weighted by molar-refractivity contribution is 5.99. The number of nitrogens with zero attached hydrogens (tertiary/aromatic N) is 5. The van der Waals surface area contributed by atoms with Gasteiger partial charge in [-0.25, -0.2) is 9.97 Å². The normalized spacial score (nSPS) is 15.1. The molecule has 4 heterocycles. The lowest BCUT2D eigenvalue weighted by Gasteiger charge is -2.36. The molecule has 188 valence electrons. The number of hydrogen-bond donors (Lipinski definition) is 1. The summed E-state index contributed by atoms with van der Waals surface area (Å²) in [5.74, 6) is 1.47. The highest BCUT2D eigenvalue weighted by Crippen LogP contribution is 2.36. The molecule has 0 saturated carbocycles. The van der Waals surface area contributed by atoms with Crippen molar-refractivity contribution in [3.05, 3.63) is 71.9 Å². The van der Waals surface area contributed by atoms with Crippen LogP contribution in [0, 0.1) is 6.92 Å². The SMILES string of the molecule is Cc1cc(CNCCN2CCN(c3ncc(-c4ccccc4)c4nc(C(F)(F)F)ccc34)CC2)no1. The summed E-state index contributed by atoms with van der Waals surface area (Å²) < 4.78 is 45.5. The number of anilines is 1. The minimum atomic E-state index is -4.52. The van der Waals surface area contributed by atoms with E-state index in [2.05, 4.69) is 25.3 Å². The number of alkyl halides is 3. The van der Waals surface area contributed by atoms with Crippen LogP contribution in [-0.4, -0.2) is 59.3 Å². The molecule has 1 fully saturated rings. The molecule has 1 aliphatic rings. The number of fused-ring (bicyclic) bond motifs is 1. The van der Waals surface area contributed by atoms with Crippen molar-refractivity contribution in [3.63, 3.8) is 0 Å². The van der Waals surface area contributed by atoms with Crippen LogP contribution in [0.5, 0.6) is 0 Å². The zero-order chi connectivity index (χ0) is 25.1. The molecule has 1 saturated heterocycles. The van der Waals surface area contributed by atoms with Crippen LogP contribution < -0.4 is 10.2 Å². The van der Waals surface area contributed by atoms with E-state index in [-0.39, 0.29) is 0 Å². The highest BCUT2D eigenvalue weighted by Gasteiger charge is 2.33. The van der Waals surface area contributed by atoms with Crippen LogP contribution >= 0.6 is 0 Å². The van der Waals surface area contributed by atoms with Crippen molar-refractivity contribution in [1.29, 1.82) is 0 Å². The molecule has 0 aliphatic carbocycles. The Kier molecular flexibility index (Phi) is 6.88. The molecular weight excluding hydrogens is 469 g/mol. The summed E-state index contributed by atoms with van der Waals surface area (Å²) in [5, 5.41) is 7.99. The van der Waals surface area contributed by atoms with E-state index in [1.54, 1.807) is 6.20 Å². The van der Waals surface area contributed by atoms with Gasteiger partial charge in [-0.1, -0.05) is 35.5 Å². The molecule has 0 bridgehead atoms. The summed E-state index contributed by atoms with van der Waals surface area (Å²) in [6.07, 6.45) is -2.88. The van der Waals surface area contributed by atoms with Gasteiger partial charge in [-0.15, -0.1) is 0 Å². The molecular formula is C26H27F3N6O. The monoisotopic (exact) mass is 496 g/mol. The Morgan fingerprint density at radius 3 is 2.50 bits per heavy atom. The van der Waals surface area contributed by atoms with Gasteiger partial charge in [0.25, 0.3) is 0 Å². The molecule has 3 aromatic heterocycles. The van der Waals surface area contributed by atoms with Crippen LogP contribution in [0.15, 0.2) is 59.3 Å². The summed E-state index contributed by atoms with van der Waals surface area (Å²) in [6.45, 7) is 7.38. The van der Waals surface area contributed by atoms with Crippen LogP contribution in [0.4, 0.5) is 19.0 Å². The lowest BCUT2D eigenvalue weighted by atomic mass is 10.0. The van der Waals surface area contributed by atoms with Crippen LogP contribution in [0.2, 0.25) is 0 Å². The van der Waals surface area contributed by atoms with E-state index in [4.69, 9.17) is 9.51 Å². The van der Waals surface area contributed by atoms with Crippen molar-refractivity contribution in [1.82, 2.24) is 25.3 Å². The quantitative estimate of drug-likeness (QED) is 0.377. The lowest BCUT2D eigenvalue weighted by molar-refractivity contribution is -0.140. The third-order valence-electron chi connectivity index (χ3n) is 6.34. The number of halogens is 3. The summed E-state index contributed by atoms with van der Waals surface area (Å²) >= 11 is 0. The average molecular weight is 497 g/mol. The third-order valence-corrected chi connectivity index (χ3v) is 6.34. The number of pyridine rings is 2. The zero-order valence-electron chi connectivity index (χ0n) is 19.9. The minimum absolute atomic E-state index is 0.316. The maximum atomic E-state index is 13.5. The smallest absolute Gasteiger partial charge is 0.361 e. The Labute approximate surface area is 206 Å². The van der Waals surface area contributed by atoms with Crippen molar-refractivity contribution >= 4 is 16.7 Å². The van der Waals surface area contributed by atoms with Crippen molar-refractivity contribution in [2.75, 3.05) is 44.2 Å². The molecule has 0 atom stereocenters. The van der Waals surface area contributed by atoms with E-state index in [0.29, 0.717) is 28.8 Å². The number of aryl methyl sites for hydroxylation is 1. The first-order valence-electron chi connectivity index (χ1n) is 11.9. The van der Waals surface area contributed by atoms with Crippen molar-refractivity contribution < 1.29 is 17.7 Å². The Bertz CT molecular complexity index is 1320. The predicted molar refractivity (Wildman–Crippen MR) is 132 cm³/mol. The largest absolute Gasteiger partial charge is 0.433 e. The zero-order valence-corrected chi connectivity index (χ0v) is 19.9. The maximum Gasteiger partial charge on any atom is 0.433 e. The van der Waals surface area contributed by atoms with E-state index in [0.717, 1.165) is 62.4 Å². The number of piperazine rings is 1. The molecule has 7 nitrogen and oxygen atoms in total. The van der Waals surface area contributed by atoms with Crippen molar-refractivity contribution in [2.45, 2.75) is 19.6 Å². The van der Waals surface area contributed by atoms with Gasteiger partial charge in [0.1, 0.15) is 17.3 Å². The molecule has 0 radical (unpaired) electrons. The second-order valence-corrected chi connectivity index (χ2v) is 8.89. The Balaban J connectivity index is 1.30. The van der Waals surface area contributed by atoms with E-state index in [9.17, 15) is 13.2 Å². The topological polar surface area (TPSA) is 70.3 Å². The fourth-order valence-corrected chi connectivity index (χ4v) is 4.48. The van der Waals surface area contributed by atoms with Gasteiger partial charge in [-0.2, -0.15) is 13.2 Å².